The van der Waals surface area contributed by atoms with Gasteiger partial charge < -0.3 is 9.84 Å². The van der Waals surface area contributed by atoms with E-state index >= 15 is 0 Å². The first-order chi connectivity index (χ1) is 7.79. The van der Waals surface area contributed by atoms with Crippen LogP contribution in [0, 0.1) is 5.82 Å². The molecular weight excluding hydrogens is 229 g/mol. The maximum Gasteiger partial charge on any atom is 0.140 e. The summed E-state index contributed by atoms with van der Waals surface area (Å²) in [4.78, 5) is 4.06. The van der Waals surface area contributed by atoms with Crippen LogP contribution in [0.15, 0.2) is 29.8 Å². The largest absolute Gasteiger partial charge is 0.486 e. The van der Waals surface area contributed by atoms with Gasteiger partial charge in [0.1, 0.15) is 23.2 Å². The highest BCUT2D eigenvalue weighted by Gasteiger charge is 2.05. The second-order valence-electron chi connectivity index (χ2n) is 3.12. The molecular formula is C11H10FNO2S. The molecule has 1 aromatic heterocycles. The first kappa shape index (κ1) is 11.0. The number of aliphatic hydroxyl groups excluding tert-OH is 1. The standard InChI is InChI=1S/C11H10FNO2S/c12-9-1-2-10(8(5-9)6-14)15-7-11-13-3-4-16-11/h1-5,14H,6-7H2. The maximum absolute atomic E-state index is 12.9. The van der Waals surface area contributed by atoms with Gasteiger partial charge in [0.25, 0.3) is 0 Å². The van der Waals surface area contributed by atoms with Gasteiger partial charge in [-0.2, -0.15) is 0 Å². The van der Waals surface area contributed by atoms with Crippen molar-refractivity contribution >= 4 is 11.3 Å². The molecule has 0 aliphatic rings. The zero-order valence-electron chi connectivity index (χ0n) is 8.39. The number of halogens is 1. The number of ether oxygens (including phenoxy) is 1. The van der Waals surface area contributed by atoms with Gasteiger partial charge in [-0.1, -0.05) is 0 Å². The molecule has 1 heterocycles. The first-order valence-corrected chi connectivity index (χ1v) is 5.58. The average Bonchev–Trinajstić information content (AvgIpc) is 2.80. The van der Waals surface area contributed by atoms with Crippen LogP contribution in [0.25, 0.3) is 0 Å². The third-order valence-corrected chi connectivity index (χ3v) is 2.78. The lowest BCUT2D eigenvalue weighted by molar-refractivity contribution is 0.258. The van der Waals surface area contributed by atoms with E-state index in [0.717, 1.165) is 5.01 Å². The van der Waals surface area contributed by atoms with E-state index in [9.17, 15) is 4.39 Å². The molecule has 16 heavy (non-hydrogen) atoms. The Morgan fingerprint density at radius 3 is 3.00 bits per heavy atom. The van der Waals surface area contributed by atoms with Crippen molar-refractivity contribution in [3.63, 3.8) is 0 Å². The zero-order chi connectivity index (χ0) is 11.4. The molecule has 0 fully saturated rings. The minimum atomic E-state index is -0.384. The number of rotatable bonds is 4. The van der Waals surface area contributed by atoms with E-state index in [1.807, 2.05) is 5.38 Å². The monoisotopic (exact) mass is 239 g/mol. The highest BCUT2D eigenvalue weighted by molar-refractivity contribution is 7.09. The second-order valence-corrected chi connectivity index (χ2v) is 4.10. The number of nitrogens with zero attached hydrogens (tertiary/aromatic N) is 1. The van der Waals surface area contributed by atoms with Crippen LogP contribution in [-0.2, 0) is 13.2 Å². The summed E-state index contributed by atoms with van der Waals surface area (Å²) in [5, 5.41) is 11.7. The normalized spacial score (nSPS) is 10.4. The first-order valence-electron chi connectivity index (χ1n) is 4.70. The summed E-state index contributed by atoms with van der Waals surface area (Å²) < 4.78 is 18.3. The number of hydrogen-bond donors (Lipinski definition) is 1. The highest BCUT2D eigenvalue weighted by Crippen LogP contribution is 2.21. The minimum Gasteiger partial charge on any atom is -0.486 e. The summed E-state index contributed by atoms with van der Waals surface area (Å²) in [5.41, 5.74) is 0.441. The van der Waals surface area contributed by atoms with E-state index in [1.165, 1.54) is 29.5 Å². The lowest BCUT2D eigenvalue weighted by Gasteiger charge is -2.08. The van der Waals surface area contributed by atoms with Crippen molar-refractivity contribution in [1.29, 1.82) is 0 Å². The number of aromatic nitrogens is 1. The Morgan fingerprint density at radius 1 is 1.44 bits per heavy atom. The molecule has 0 bridgehead atoms. The average molecular weight is 239 g/mol. The van der Waals surface area contributed by atoms with Crippen LogP contribution in [0.2, 0.25) is 0 Å². The van der Waals surface area contributed by atoms with E-state index in [-0.39, 0.29) is 12.4 Å². The molecule has 2 rings (SSSR count). The predicted octanol–water partition coefficient (Wildman–Crippen LogP) is 2.35. The van der Waals surface area contributed by atoms with Crippen LogP contribution in [-0.4, -0.2) is 10.1 Å². The fraction of sp³-hybridized carbons (Fsp3) is 0.182. The summed E-state index contributed by atoms with van der Waals surface area (Å²) in [6.07, 6.45) is 1.70. The van der Waals surface area contributed by atoms with E-state index in [0.29, 0.717) is 17.9 Å². The topological polar surface area (TPSA) is 42.4 Å². The minimum absolute atomic E-state index is 0.245. The highest BCUT2D eigenvalue weighted by atomic mass is 32.1. The smallest absolute Gasteiger partial charge is 0.140 e. The Bertz CT molecular complexity index is 459. The molecule has 1 aromatic carbocycles. The Balaban J connectivity index is 2.09. The Labute approximate surface area is 96.2 Å². The second kappa shape index (κ2) is 5.05. The van der Waals surface area contributed by atoms with Crippen molar-refractivity contribution in [1.82, 2.24) is 4.98 Å². The van der Waals surface area contributed by atoms with Gasteiger partial charge in [-0.05, 0) is 18.2 Å². The van der Waals surface area contributed by atoms with Crippen LogP contribution < -0.4 is 4.74 Å². The summed E-state index contributed by atoms with van der Waals surface area (Å²) in [6, 6.07) is 4.07. The molecule has 0 aliphatic carbocycles. The number of benzene rings is 1. The molecule has 3 nitrogen and oxygen atoms in total. The zero-order valence-corrected chi connectivity index (χ0v) is 9.21. The van der Waals surface area contributed by atoms with Gasteiger partial charge >= 0.3 is 0 Å². The predicted molar refractivity (Wildman–Crippen MR) is 58.8 cm³/mol. The molecule has 0 saturated carbocycles. The fourth-order valence-electron chi connectivity index (χ4n) is 1.28. The van der Waals surface area contributed by atoms with E-state index < -0.39 is 0 Å². The fourth-order valence-corrected chi connectivity index (χ4v) is 1.80. The summed E-state index contributed by atoms with van der Waals surface area (Å²) in [5.74, 6) is 0.102. The lowest BCUT2D eigenvalue weighted by Crippen LogP contribution is -1.98. The van der Waals surface area contributed by atoms with Crippen molar-refractivity contribution in [2.75, 3.05) is 0 Å². The Kier molecular flexibility index (Phi) is 3.48. The molecule has 84 valence electrons. The molecule has 2 aromatic rings. The van der Waals surface area contributed by atoms with Crippen molar-refractivity contribution in [3.8, 4) is 5.75 Å². The molecule has 5 heteroatoms. The molecule has 0 amide bonds. The SMILES string of the molecule is OCc1cc(F)ccc1OCc1nccs1. The number of aliphatic hydroxyl groups is 1. The molecule has 0 spiro atoms. The molecule has 0 radical (unpaired) electrons. The van der Waals surface area contributed by atoms with Crippen LogP contribution in [0.4, 0.5) is 4.39 Å². The van der Waals surface area contributed by atoms with Crippen molar-refractivity contribution in [2.24, 2.45) is 0 Å². The van der Waals surface area contributed by atoms with Crippen molar-refractivity contribution in [2.45, 2.75) is 13.2 Å². The van der Waals surface area contributed by atoms with E-state index in [2.05, 4.69) is 4.98 Å². The van der Waals surface area contributed by atoms with Gasteiger partial charge in [-0.15, -0.1) is 11.3 Å². The molecule has 0 unspecified atom stereocenters. The summed E-state index contributed by atoms with van der Waals surface area (Å²) in [7, 11) is 0. The summed E-state index contributed by atoms with van der Waals surface area (Å²) in [6.45, 7) is 0.0846. The van der Waals surface area contributed by atoms with Crippen LogP contribution >= 0.6 is 11.3 Å². The van der Waals surface area contributed by atoms with Gasteiger partial charge in [-0.25, -0.2) is 9.37 Å². The van der Waals surface area contributed by atoms with Gasteiger partial charge in [0.05, 0.1) is 6.61 Å². The van der Waals surface area contributed by atoms with E-state index in [4.69, 9.17) is 9.84 Å². The van der Waals surface area contributed by atoms with Crippen molar-refractivity contribution in [3.05, 3.63) is 46.2 Å². The van der Waals surface area contributed by atoms with Gasteiger partial charge in [0.2, 0.25) is 0 Å². The van der Waals surface area contributed by atoms with Gasteiger partial charge in [-0.3, -0.25) is 0 Å². The Morgan fingerprint density at radius 2 is 2.31 bits per heavy atom. The summed E-state index contributed by atoms with van der Waals surface area (Å²) >= 11 is 1.49. The van der Waals surface area contributed by atoms with Gasteiger partial charge in [0.15, 0.2) is 0 Å². The maximum atomic E-state index is 12.9. The quantitative estimate of drug-likeness (QED) is 0.890. The van der Waals surface area contributed by atoms with Crippen LogP contribution in [0.1, 0.15) is 10.6 Å². The molecule has 0 saturated heterocycles. The van der Waals surface area contributed by atoms with Crippen molar-refractivity contribution < 1.29 is 14.2 Å². The molecule has 1 N–H and O–H groups in total. The number of thiazole rings is 1. The van der Waals surface area contributed by atoms with Gasteiger partial charge in [0, 0.05) is 17.1 Å². The van der Waals surface area contributed by atoms with Crippen LogP contribution in [0.3, 0.4) is 0 Å². The molecule has 0 aliphatic heterocycles. The third-order valence-electron chi connectivity index (χ3n) is 2.03. The van der Waals surface area contributed by atoms with Crippen LogP contribution in [0.5, 0.6) is 5.75 Å². The van der Waals surface area contributed by atoms with E-state index in [1.54, 1.807) is 6.20 Å². The Hall–Kier alpha value is -1.46. The lowest BCUT2D eigenvalue weighted by atomic mass is 10.2. The number of hydrogen-bond acceptors (Lipinski definition) is 4. The molecule has 0 atom stereocenters. The third kappa shape index (κ3) is 2.56.